The Morgan fingerprint density at radius 2 is 2.12 bits per heavy atom. The first-order chi connectivity index (χ1) is 12.3. The predicted molar refractivity (Wildman–Crippen MR) is 105 cm³/mol. The molecule has 1 aliphatic rings. The summed E-state index contributed by atoms with van der Waals surface area (Å²) < 4.78 is 1.21. The topological polar surface area (TPSA) is 57.5 Å². The van der Waals surface area contributed by atoms with Crippen LogP contribution in [0.25, 0.3) is 10.1 Å². The minimum absolute atomic E-state index is 0.806. The second-order valence-electron chi connectivity index (χ2n) is 6.38. The third-order valence-electron chi connectivity index (χ3n) is 4.80. The molecule has 128 valence electrons. The fourth-order valence-electron chi connectivity index (χ4n) is 3.54. The Morgan fingerprint density at radius 3 is 2.96 bits per heavy atom. The van der Waals surface area contributed by atoms with Gasteiger partial charge in [0.2, 0.25) is 0 Å². The molecule has 25 heavy (non-hydrogen) atoms. The van der Waals surface area contributed by atoms with Crippen molar-refractivity contribution >= 4 is 38.5 Å². The summed E-state index contributed by atoms with van der Waals surface area (Å²) in [6, 6.07) is 8.45. The molecule has 0 radical (unpaired) electrons. The van der Waals surface area contributed by atoms with E-state index in [0.717, 1.165) is 49.1 Å². The van der Waals surface area contributed by atoms with Gasteiger partial charge >= 0.3 is 0 Å². The average molecular weight is 351 g/mol. The molecule has 1 aliphatic carbocycles. The van der Waals surface area contributed by atoms with Crippen molar-refractivity contribution in [2.24, 2.45) is 5.16 Å². The number of benzene rings is 1. The Labute approximate surface area is 151 Å². The maximum atomic E-state index is 9.29. The average Bonchev–Trinajstić information content (AvgIpc) is 2.86. The van der Waals surface area contributed by atoms with Gasteiger partial charge in [-0.3, -0.25) is 4.98 Å². The van der Waals surface area contributed by atoms with E-state index in [0.29, 0.717) is 0 Å². The van der Waals surface area contributed by atoms with E-state index in [1.54, 1.807) is 11.3 Å². The summed E-state index contributed by atoms with van der Waals surface area (Å²) in [5.74, 6) is 0. The largest absolute Gasteiger partial charge is 0.411 e. The van der Waals surface area contributed by atoms with Crippen molar-refractivity contribution in [3.05, 3.63) is 52.7 Å². The summed E-state index contributed by atoms with van der Waals surface area (Å²) in [5, 5.41) is 17.7. The molecule has 0 amide bonds. The summed E-state index contributed by atoms with van der Waals surface area (Å²) in [5.41, 5.74) is 5.43. The lowest BCUT2D eigenvalue weighted by Crippen LogP contribution is -2.03. The van der Waals surface area contributed by atoms with Crippen LogP contribution >= 0.6 is 11.3 Å². The Hall–Kier alpha value is -2.40. The van der Waals surface area contributed by atoms with E-state index in [1.165, 1.54) is 26.2 Å². The molecule has 0 aliphatic heterocycles. The number of thiophene rings is 1. The third kappa shape index (κ3) is 3.00. The minimum atomic E-state index is 0.806. The van der Waals surface area contributed by atoms with Crippen LogP contribution in [0.4, 0.5) is 11.4 Å². The van der Waals surface area contributed by atoms with Crippen molar-refractivity contribution in [1.29, 1.82) is 0 Å². The van der Waals surface area contributed by atoms with Gasteiger partial charge in [0.15, 0.2) is 0 Å². The fraction of sp³-hybridized carbons (Fsp3) is 0.300. The molecule has 5 heteroatoms. The highest BCUT2D eigenvalue weighted by Crippen LogP contribution is 2.38. The molecular weight excluding hydrogens is 330 g/mol. The molecule has 0 unspecified atom stereocenters. The van der Waals surface area contributed by atoms with E-state index < -0.39 is 0 Å². The van der Waals surface area contributed by atoms with Gasteiger partial charge in [0.05, 0.1) is 16.1 Å². The maximum absolute atomic E-state index is 9.29. The standard InChI is InChI=1S/C20H21N3OS/c1-2-18-20(16-9-10-21-12-19(16)25-18)22-14-7-8-15-13(11-14)5-3-4-6-17(15)23-24/h7-12,22,24H,2-6H2,1H3/b23-17+. The lowest BCUT2D eigenvalue weighted by atomic mass is 10.0. The molecule has 4 rings (SSSR count). The zero-order valence-corrected chi connectivity index (χ0v) is 15.1. The van der Waals surface area contributed by atoms with Gasteiger partial charge in [-0.2, -0.15) is 0 Å². The van der Waals surface area contributed by atoms with Crippen LogP contribution in [0, 0.1) is 0 Å². The molecule has 4 nitrogen and oxygen atoms in total. The van der Waals surface area contributed by atoms with Crippen LogP contribution < -0.4 is 5.32 Å². The van der Waals surface area contributed by atoms with Crippen LogP contribution in [0.1, 0.15) is 42.2 Å². The van der Waals surface area contributed by atoms with E-state index in [1.807, 2.05) is 12.4 Å². The first-order valence-corrected chi connectivity index (χ1v) is 9.58. The Bertz CT molecular complexity index is 945. The number of nitrogens with one attached hydrogen (secondary N) is 1. The predicted octanol–water partition coefficient (Wildman–Crippen LogP) is 5.51. The molecule has 0 spiro atoms. The van der Waals surface area contributed by atoms with Crippen LogP contribution in [0.15, 0.2) is 41.8 Å². The van der Waals surface area contributed by atoms with Crippen molar-refractivity contribution in [1.82, 2.24) is 4.98 Å². The number of oxime groups is 1. The summed E-state index contributed by atoms with van der Waals surface area (Å²) in [6.07, 6.45) is 8.85. The second kappa shape index (κ2) is 6.84. The van der Waals surface area contributed by atoms with Gasteiger partial charge in [0, 0.05) is 33.9 Å². The van der Waals surface area contributed by atoms with E-state index >= 15 is 0 Å². The quantitative estimate of drug-likeness (QED) is 0.372. The van der Waals surface area contributed by atoms with Gasteiger partial charge in [-0.1, -0.05) is 18.1 Å². The van der Waals surface area contributed by atoms with Crippen molar-refractivity contribution in [3.63, 3.8) is 0 Å². The lowest BCUT2D eigenvalue weighted by Gasteiger charge is -2.12. The molecule has 0 fully saturated rings. The molecule has 1 aromatic carbocycles. The van der Waals surface area contributed by atoms with Crippen LogP contribution in [-0.4, -0.2) is 15.9 Å². The van der Waals surface area contributed by atoms with E-state index in [2.05, 4.69) is 46.6 Å². The second-order valence-corrected chi connectivity index (χ2v) is 7.51. The lowest BCUT2D eigenvalue weighted by molar-refractivity contribution is 0.318. The molecule has 0 saturated heterocycles. The van der Waals surface area contributed by atoms with Gasteiger partial charge in [-0.05, 0) is 55.9 Å². The van der Waals surface area contributed by atoms with Gasteiger partial charge in [0.1, 0.15) is 0 Å². The monoisotopic (exact) mass is 351 g/mol. The van der Waals surface area contributed by atoms with Crippen molar-refractivity contribution < 1.29 is 5.21 Å². The number of aryl methyl sites for hydroxylation is 2. The molecule has 2 aromatic heterocycles. The van der Waals surface area contributed by atoms with Crippen LogP contribution in [0.2, 0.25) is 0 Å². The fourth-order valence-corrected chi connectivity index (χ4v) is 4.60. The normalized spacial score (nSPS) is 16.0. The van der Waals surface area contributed by atoms with Gasteiger partial charge < -0.3 is 10.5 Å². The highest BCUT2D eigenvalue weighted by Gasteiger charge is 2.16. The molecule has 0 saturated carbocycles. The number of hydrogen-bond acceptors (Lipinski definition) is 5. The molecular formula is C20H21N3OS. The Morgan fingerprint density at radius 1 is 1.24 bits per heavy atom. The number of pyridine rings is 1. The highest BCUT2D eigenvalue weighted by molar-refractivity contribution is 7.19. The molecule has 2 N–H and O–H groups in total. The van der Waals surface area contributed by atoms with Crippen LogP contribution in [0.5, 0.6) is 0 Å². The summed E-state index contributed by atoms with van der Waals surface area (Å²) in [4.78, 5) is 5.58. The SMILES string of the molecule is CCc1sc2cnccc2c1Nc1ccc2c(c1)CCCC/C2=N\O. The Kier molecular flexibility index (Phi) is 4.40. The number of fused-ring (bicyclic) bond motifs is 2. The summed E-state index contributed by atoms with van der Waals surface area (Å²) in [6.45, 7) is 2.18. The first-order valence-electron chi connectivity index (χ1n) is 8.76. The Balaban J connectivity index is 1.74. The highest BCUT2D eigenvalue weighted by atomic mass is 32.1. The number of aromatic nitrogens is 1. The maximum Gasteiger partial charge on any atom is 0.0870 e. The zero-order valence-electron chi connectivity index (χ0n) is 14.2. The first kappa shape index (κ1) is 16.1. The molecule has 0 bridgehead atoms. The smallest absolute Gasteiger partial charge is 0.0870 e. The molecule has 3 aromatic rings. The molecule has 0 atom stereocenters. The van der Waals surface area contributed by atoms with E-state index in [-0.39, 0.29) is 0 Å². The van der Waals surface area contributed by atoms with Gasteiger partial charge in [-0.25, -0.2) is 0 Å². The van der Waals surface area contributed by atoms with Crippen molar-refractivity contribution in [3.8, 4) is 0 Å². The van der Waals surface area contributed by atoms with Crippen LogP contribution in [-0.2, 0) is 12.8 Å². The molecule has 2 heterocycles. The third-order valence-corrected chi connectivity index (χ3v) is 6.09. The van der Waals surface area contributed by atoms with Crippen molar-refractivity contribution in [2.45, 2.75) is 39.0 Å². The van der Waals surface area contributed by atoms with E-state index in [4.69, 9.17) is 0 Å². The van der Waals surface area contributed by atoms with Gasteiger partial charge in [0.25, 0.3) is 0 Å². The minimum Gasteiger partial charge on any atom is -0.411 e. The summed E-state index contributed by atoms with van der Waals surface area (Å²) >= 11 is 1.80. The summed E-state index contributed by atoms with van der Waals surface area (Å²) in [7, 11) is 0. The van der Waals surface area contributed by atoms with Crippen LogP contribution in [0.3, 0.4) is 0 Å². The number of rotatable bonds is 3. The van der Waals surface area contributed by atoms with E-state index in [9.17, 15) is 5.21 Å². The number of hydrogen-bond donors (Lipinski definition) is 2. The van der Waals surface area contributed by atoms with Gasteiger partial charge in [-0.15, -0.1) is 11.3 Å². The number of nitrogens with zero attached hydrogens (tertiary/aromatic N) is 2. The zero-order chi connectivity index (χ0) is 17.2. The van der Waals surface area contributed by atoms with Crippen molar-refractivity contribution in [2.75, 3.05) is 5.32 Å². The number of anilines is 2.